The number of amides is 1. The number of Topliss-reactive ketones (excluding diaryl/α,β-unsaturated/α-hetero) is 1. The zero-order valence-electron chi connectivity index (χ0n) is 16.2. The summed E-state index contributed by atoms with van der Waals surface area (Å²) in [6.07, 6.45) is -0.712. The minimum Gasteiger partial charge on any atom is -0.482 e. The second kappa shape index (κ2) is 8.53. The van der Waals surface area contributed by atoms with Gasteiger partial charge < -0.3 is 10.1 Å². The number of ketones is 1. The molecule has 0 saturated carbocycles. The van der Waals surface area contributed by atoms with Crippen LogP contribution in [0, 0.1) is 13.8 Å². The summed E-state index contributed by atoms with van der Waals surface area (Å²) >= 11 is 0. The normalized spacial score (nSPS) is 11.5. The van der Waals surface area contributed by atoms with Crippen molar-refractivity contribution in [3.63, 3.8) is 0 Å². The highest BCUT2D eigenvalue weighted by Crippen LogP contribution is 2.22. The zero-order valence-corrected chi connectivity index (χ0v) is 16.2. The van der Waals surface area contributed by atoms with Crippen LogP contribution in [0.2, 0.25) is 0 Å². The largest absolute Gasteiger partial charge is 0.482 e. The van der Waals surface area contributed by atoms with Gasteiger partial charge in [-0.25, -0.2) is 0 Å². The smallest absolute Gasteiger partial charge is 0.259 e. The van der Waals surface area contributed by atoms with Crippen molar-refractivity contribution in [2.45, 2.75) is 26.9 Å². The van der Waals surface area contributed by atoms with Crippen molar-refractivity contribution in [1.29, 1.82) is 0 Å². The number of rotatable bonds is 6. The highest BCUT2D eigenvalue weighted by molar-refractivity contribution is 6.06. The zero-order chi connectivity index (χ0) is 20.1. The molecule has 142 valence electrons. The monoisotopic (exact) mass is 373 g/mol. The van der Waals surface area contributed by atoms with Gasteiger partial charge in [-0.2, -0.15) is 0 Å². The van der Waals surface area contributed by atoms with Gasteiger partial charge in [-0.15, -0.1) is 0 Å². The Labute approximate surface area is 165 Å². The summed E-state index contributed by atoms with van der Waals surface area (Å²) in [7, 11) is 0. The summed E-state index contributed by atoms with van der Waals surface area (Å²) in [5, 5.41) is 2.86. The molecule has 0 saturated heterocycles. The first-order chi connectivity index (χ1) is 13.4. The van der Waals surface area contributed by atoms with E-state index in [4.69, 9.17) is 4.74 Å². The maximum absolute atomic E-state index is 12.7. The molecule has 0 fully saturated rings. The molecule has 0 aliphatic carbocycles. The highest BCUT2D eigenvalue weighted by Gasteiger charge is 2.20. The molecule has 1 amide bonds. The number of ether oxygens (including phenoxy) is 1. The van der Waals surface area contributed by atoms with Crippen LogP contribution in [0.1, 0.15) is 38.8 Å². The quantitative estimate of drug-likeness (QED) is 0.604. The molecule has 3 rings (SSSR count). The Hall–Kier alpha value is -3.40. The number of carbonyl (C=O) groups excluding carboxylic acids is 2. The molecule has 0 bridgehead atoms. The van der Waals surface area contributed by atoms with E-state index in [2.05, 4.69) is 5.32 Å². The van der Waals surface area contributed by atoms with Crippen LogP contribution in [-0.2, 0) is 0 Å². The molecule has 0 aliphatic heterocycles. The van der Waals surface area contributed by atoms with Crippen molar-refractivity contribution in [2.75, 3.05) is 5.32 Å². The summed E-state index contributed by atoms with van der Waals surface area (Å²) in [6, 6.07) is 21.8. The van der Waals surface area contributed by atoms with Gasteiger partial charge in [-0.05, 0) is 45.0 Å². The van der Waals surface area contributed by atoms with Crippen molar-refractivity contribution >= 4 is 17.4 Å². The molecule has 4 nitrogen and oxygen atoms in total. The van der Waals surface area contributed by atoms with Crippen LogP contribution in [0.15, 0.2) is 72.8 Å². The summed E-state index contributed by atoms with van der Waals surface area (Å²) in [5.74, 6) is -0.0387. The van der Waals surface area contributed by atoms with Gasteiger partial charge in [0.2, 0.25) is 5.78 Å². The van der Waals surface area contributed by atoms with E-state index in [0.29, 0.717) is 22.6 Å². The number of nitrogens with one attached hydrogen (secondary N) is 1. The maximum Gasteiger partial charge on any atom is 0.259 e. The number of benzene rings is 3. The Morgan fingerprint density at radius 1 is 0.821 bits per heavy atom. The molecular formula is C24H23NO3. The minimum atomic E-state index is -0.712. The fourth-order valence-electron chi connectivity index (χ4n) is 2.79. The van der Waals surface area contributed by atoms with Gasteiger partial charge in [0.1, 0.15) is 5.75 Å². The van der Waals surface area contributed by atoms with Gasteiger partial charge >= 0.3 is 0 Å². The summed E-state index contributed by atoms with van der Waals surface area (Å²) in [6.45, 7) is 5.65. The number of anilines is 1. The lowest BCUT2D eigenvalue weighted by molar-refractivity contribution is 0.0812. The van der Waals surface area contributed by atoms with Crippen LogP contribution in [-0.4, -0.2) is 17.8 Å². The van der Waals surface area contributed by atoms with Crippen LogP contribution in [0.3, 0.4) is 0 Å². The Morgan fingerprint density at radius 2 is 1.39 bits per heavy atom. The van der Waals surface area contributed by atoms with E-state index in [1.54, 1.807) is 43.3 Å². The van der Waals surface area contributed by atoms with Gasteiger partial charge in [0.05, 0.1) is 5.56 Å². The first-order valence-electron chi connectivity index (χ1n) is 9.18. The summed E-state index contributed by atoms with van der Waals surface area (Å²) in [4.78, 5) is 25.3. The van der Waals surface area contributed by atoms with E-state index < -0.39 is 6.10 Å². The lowest BCUT2D eigenvalue weighted by atomic mass is 10.1. The topological polar surface area (TPSA) is 55.4 Å². The van der Waals surface area contributed by atoms with Crippen LogP contribution >= 0.6 is 0 Å². The lowest BCUT2D eigenvalue weighted by Gasteiger charge is -2.17. The summed E-state index contributed by atoms with van der Waals surface area (Å²) < 4.78 is 5.86. The molecule has 1 unspecified atom stereocenters. The second-order valence-electron chi connectivity index (χ2n) is 6.81. The van der Waals surface area contributed by atoms with Crippen molar-refractivity contribution in [2.24, 2.45) is 0 Å². The van der Waals surface area contributed by atoms with E-state index >= 15 is 0 Å². The molecule has 4 heteroatoms. The van der Waals surface area contributed by atoms with Crippen LogP contribution in [0.4, 0.5) is 5.69 Å². The molecule has 0 aromatic heterocycles. The van der Waals surface area contributed by atoms with Crippen molar-refractivity contribution in [3.05, 3.63) is 95.1 Å². The first-order valence-corrected chi connectivity index (χ1v) is 9.18. The molecule has 28 heavy (non-hydrogen) atoms. The van der Waals surface area contributed by atoms with Crippen molar-refractivity contribution in [3.8, 4) is 5.75 Å². The molecule has 0 radical (unpaired) electrons. The standard InChI is InChI=1S/C24H23NO3/c1-16-8-12-19(13-9-16)23(26)18(3)28-22-7-5-4-6-21(22)24(27)25-20-14-10-17(2)11-15-20/h4-15,18H,1-3H3,(H,25,27). The third-order valence-electron chi connectivity index (χ3n) is 4.45. The molecule has 1 atom stereocenters. The predicted molar refractivity (Wildman–Crippen MR) is 111 cm³/mol. The van der Waals surface area contributed by atoms with Crippen LogP contribution in [0.25, 0.3) is 0 Å². The Bertz CT molecular complexity index is 975. The average Bonchev–Trinajstić information content (AvgIpc) is 2.70. The number of carbonyl (C=O) groups is 2. The van der Waals surface area contributed by atoms with Gasteiger partial charge in [-0.3, -0.25) is 9.59 Å². The Kier molecular flexibility index (Phi) is 5.90. The number of aryl methyl sites for hydroxylation is 2. The molecular weight excluding hydrogens is 350 g/mol. The van der Waals surface area contributed by atoms with Crippen LogP contribution < -0.4 is 10.1 Å². The van der Waals surface area contributed by atoms with Crippen molar-refractivity contribution < 1.29 is 14.3 Å². The average molecular weight is 373 g/mol. The molecule has 0 aliphatic rings. The number of para-hydroxylation sites is 1. The second-order valence-corrected chi connectivity index (χ2v) is 6.81. The fraction of sp³-hybridized carbons (Fsp3) is 0.167. The number of hydrogen-bond acceptors (Lipinski definition) is 3. The summed E-state index contributed by atoms with van der Waals surface area (Å²) in [5.41, 5.74) is 3.87. The molecule has 3 aromatic rings. The van der Waals surface area contributed by atoms with Gasteiger partial charge in [0.15, 0.2) is 6.10 Å². The van der Waals surface area contributed by atoms with E-state index in [0.717, 1.165) is 11.1 Å². The number of hydrogen-bond donors (Lipinski definition) is 1. The van der Waals surface area contributed by atoms with Crippen LogP contribution in [0.5, 0.6) is 5.75 Å². The molecule has 3 aromatic carbocycles. The van der Waals surface area contributed by atoms with E-state index in [-0.39, 0.29) is 11.7 Å². The third kappa shape index (κ3) is 4.65. The minimum absolute atomic E-state index is 0.131. The van der Waals surface area contributed by atoms with E-state index in [1.807, 2.05) is 50.2 Å². The SMILES string of the molecule is Cc1ccc(NC(=O)c2ccccc2OC(C)C(=O)c2ccc(C)cc2)cc1. The predicted octanol–water partition coefficient (Wildman–Crippen LogP) is 5.21. The van der Waals surface area contributed by atoms with E-state index in [1.165, 1.54) is 0 Å². The fourth-order valence-corrected chi connectivity index (χ4v) is 2.79. The van der Waals surface area contributed by atoms with Gasteiger partial charge in [-0.1, -0.05) is 59.7 Å². The highest BCUT2D eigenvalue weighted by atomic mass is 16.5. The molecule has 0 spiro atoms. The van der Waals surface area contributed by atoms with E-state index in [9.17, 15) is 9.59 Å². The molecule has 1 N–H and O–H groups in total. The Balaban J connectivity index is 1.75. The Morgan fingerprint density at radius 3 is 2.04 bits per heavy atom. The molecule has 0 heterocycles. The van der Waals surface area contributed by atoms with Gasteiger partial charge in [0.25, 0.3) is 5.91 Å². The maximum atomic E-state index is 12.7. The lowest BCUT2D eigenvalue weighted by Crippen LogP contribution is -2.25. The van der Waals surface area contributed by atoms with Gasteiger partial charge in [0, 0.05) is 11.3 Å². The van der Waals surface area contributed by atoms with Crippen molar-refractivity contribution in [1.82, 2.24) is 0 Å². The first kappa shape index (κ1) is 19.4. The third-order valence-corrected chi connectivity index (χ3v) is 4.45.